The highest BCUT2D eigenvalue weighted by atomic mass is 35.5. The van der Waals surface area contributed by atoms with E-state index in [9.17, 15) is 0 Å². The summed E-state index contributed by atoms with van der Waals surface area (Å²) in [7, 11) is 0. The number of hydrogen-bond donors (Lipinski definition) is 1. The van der Waals surface area contributed by atoms with Gasteiger partial charge in [0, 0.05) is 12.7 Å². The molecule has 1 aromatic heterocycles. The lowest BCUT2D eigenvalue weighted by Gasteiger charge is -2.10. The predicted octanol–water partition coefficient (Wildman–Crippen LogP) is 3.08. The van der Waals surface area contributed by atoms with Crippen LogP contribution < -0.4 is 5.32 Å². The van der Waals surface area contributed by atoms with Crippen LogP contribution in [0.25, 0.3) is 0 Å². The van der Waals surface area contributed by atoms with E-state index < -0.39 is 0 Å². The van der Waals surface area contributed by atoms with Gasteiger partial charge in [-0.05, 0) is 24.1 Å². The Balaban J connectivity index is 2.07. The topological polar surface area (TPSA) is 29.9 Å². The molecule has 0 aliphatic rings. The molecule has 0 amide bonds. The lowest BCUT2D eigenvalue weighted by atomic mass is 10.1. The largest absolute Gasteiger partial charge is 0.313 e. The van der Waals surface area contributed by atoms with Crippen molar-refractivity contribution in [2.24, 2.45) is 0 Å². The molecule has 18 heavy (non-hydrogen) atoms. The van der Waals surface area contributed by atoms with Crippen molar-refractivity contribution in [1.82, 2.24) is 15.1 Å². The van der Waals surface area contributed by atoms with Crippen LogP contribution in [-0.2, 0) is 13.1 Å². The number of hydrogen-bond acceptors (Lipinski definition) is 2. The molecular formula is C14H18ClN3. The van der Waals surface area contributed by atoms with Gasteiger partial charge in [-0.1, -0.05) is 42.8 Å². The van der Waals surface area contributed by atoms with Gasteiger partial charge >= 0.3 is 0 Å². The quantitative estimate of drug-likeness (QED) is 0.812. The maximum absolute atomic E-state index is 5.87. The molecule has 0 aliphatic heterocycles. The van der Waals surface area contributed by atoms with Crippen molar-refractivity contribution < 1.29 is 0 Å². The standard InChI is InChI=1S/C14H18ClN3/c1-2-7-16-8-12-5-3-4-6-13(12)10-18-11-14(15)9-17-18/h3-6,9,11,16H,2,7-8,10H2,1H3. The monoisotopic (exact) mass is 263 g/mol. The minimum absolute atomic E-state index is 0.677. The lowest BCUT2D eigenvalue weighted by Crippen LogP contribution is -2.15. The van der Waals surface area contributed by atoms with Crippen molar-refractivity contribution in [2.45, 2.75) is 26.4 Å². The Morgan fingerprint density at radius 1 is 1.28 bits per heavy atom. The van der Waals surface area contributed by atoms with Crippen LogP contribution in [0.4, 0.5) is 0 Å². The molecule has 0 unspecified atom stereocenters. The van der Waals surface area contributed by atoms with Crippen molar-refractivity contribution >= 4 is 11.6 Å². The van der Waals surface area contributed by atoms with Crippen LogP contribution in [-0.4, -0.2) is 16.3 Å². The molecule has 0 aliphatic carbocycles. The second-order valence-electron chi connectivity index (χ2n) is 4.30. The Hall–Kier alpha value is -1.32. The second kappa shape index (κ2) is 6.57. The molecule has 0 atom stereocenters. The highest BCUT2D eigenvalue weighted by molar-refractivity contribution is 6.30. The Morgan fingerprint density at radius 3 is 2.72 bits per heavy atom. The maximum Gasteiger partial charge on any atom is 0.0785 e. The molecule has 96 valence electrons. The van der Waals surface area contributed by atoms with Crippen molar-refractivity contribution in [3.05, 3.63) is 52.8 Å². The Bertz CT molecular complexity index is 493. The van der Waals surface area contributed by atoms with Gasteiger partial charge in [0.2, 0.25) is 0 Å². The number of rotatable bonds is 6. The van der Waals surface area contributed by atoms with Crippen LogP contribution in [0.5, 0.6) is 0 Å². The first-order chi connectivity index (χ1) is 8.79. The van der Waals surface area contributed by atoms with E-state index in [2.05, 4.69) is 41.6 Å². The zero-order chi connectivity index (χ0) is 12.8. The molecule has 0 bridgehead atoms. The summed E-state index contributed by atoms with van der Waals surface area (Å²) in [5, 5.41) is 8.32. The Labute approximate surface area is 113 Å². The Morgan fingerprint density at radius 2 is 2.06 bits per heavy atom. The van der Waals surface area contributed by atoms with E-state index >= 15 is 0 Å². The van der Waals surface area contributed by atoms with Crippen LogP contribution in [0.3, 0.4) is 0 Å². The molecule has 2 rings (SSSR count). The third-order valence-corrected chi connectivity index (χ3v) is 2.99. The van der Waals surface area contributed by atoms with Gasteiger partial charge in [0.1, 0.15) is 0 Å². The van der Waals surface area contributed by atoms with E-state index in [1.807, 2.05) is 10.9 Å². The molecule has 2 aromatic rings. The van der Waals surface area contributed by atoms with E-state index in [1.54, 1.807) is 6.20 Å². The van der Waals surface area contributed by atoms with Gasteiger partial charge < -0.3 is 5.32 Å². The van der Waals surface area contributed by atoms with Crippen molar-refractivity contribution in [3.63, 3.8) is 0 Å². The maximum atomic E-state index is 5.87. The van der Waals surface area contributed by atoms with Crippen molar-refractivity contribution in [1.29, 1.82) is 0 Å². The highest BCUT2D eigenvalue weighted by Gasteiger charge is 2.03. The first-order valence-electron chi connectivity index (χ1n) is 6.25. The third kappa shape index (κ3) is 3.59. The molecule has 0 saturated carbocycles. The lowest BCUT2D eigenvalue weighted by molar-refractivity contribution is 0.649. The van der Waals surface area contributed by atoms with Gasteiger partial charge in [-0.3, -0.25) is 4.68 Å². The van der Waals surface area contributed by atoms with Crippen LogP contribution in [0.15, 0.2) is 36.7 Å². The molecule has 1 N–H and O–H groups in total. The van der Waals surface area contributed by atoms with E-state index in [0.29, 0.717) is 5.02 Å². The van der Waals surface area contributed by atoms with E-state index in [-0.39, 0.29) is 0 Å². The van der Waals surface area contributed by atoms with Gasteiger partial charge in [-0.25, -0.2) is 0 Å². The average molecular weight is 264 g/mol. The van der Waals surface area contributed by atoms with E-state index in [1.165, 1.54) is 11.1 Å². The van der Waals surface area contributed by atoms with E-state index in [0.717, 1.165) is 26.1 Å². The molecule has 0 radical (unpaired) electrons. The number of nitrogens with one attached hydrogen (secondary N) is 1. The Kier molecular flexibility index (Phi) is 4.79. The fraction of sp³-hybridized carbons (Fsp3) is 0.357. The summed E-state index contributed by atoms with van der Waals surface area (Å²) in [6, 6.07) is 8.42. The second-order valence-corrected chi connectivity index (χ2v) is 4.74. The number of aromatic nitrogens is 2. The summed E-state index contributed by atoms with van der Waals surface area (Å²) in [4.78, 5) is 0. The summed E-state index contributed by atoms with van der Waals surface area (Å²) in [6.45, 7) is 4.88. The molecule has 0 saturated heterocycles. The molecule has 0 spiro atoms. The van der Waals surface area contributed by atoms with Crippen LogP contribution in [0.2, 0.25) is 5.02 Å². The summed E-state index contributed by atoms with van der Waals surface area (Å²) in [6.07, 6.45) is 4.66. The molecule has 1 heterocycles. The fourth-order valence-electron chi connectivity index (χ4n) is 1.88. The molecule has 4 heteroatoms. The first-order valence-corrected chi connectivity index (χ1v) is 6.63. The van der Waals surface area contributed by atoms with Gasteiger partial charge in [0.05, 0.1) is 17.8 Å². The minimum atomic E-state index is 0.677. The molecule has 3 nitrogen and oxygen atoms in total. The summed E-state index contributed by atoms with van der Waals surface area (Å²) < 4.78 is 1.86. The summed E-state index contributed by atoms with van der Waals surface area (Å²) >= 11 is 5.87. The SMILES string of the molecule is CCCNCc1ccccc1Cn1cc(Cl)cn1. The first kappa shape index (κ1) is 13.1. The molecule has 0 fully saturated rings. The average Bonchev–Trinajstić information content (AvgIpc) is 2.77. The van der Waals surface area contributed by atoms with Crippen molar-refractivity contribution in [3.8, 4) is 0 Å². The fourth-order valence-corrected chi connectivity index (χ4v) is 2.04. The minimum Gasteiger partial charge on any atom is -0.313 e. The van der Waals surface area contributed by atoms with Gasteiger partial charge in [-0.15, -0.1) is 0 Å². The third-order valence-electron chi connectivity index (χ3n) is 2.79. The molecule has 1 aromatic carbocycles. The van der Waals surface area contributed by atoms with Crippen LogP contribution in [0, 0.1) is 0 Å². The van der Waals surface area contributed by atoms with Gasteiger partial charge in [-0.2, -0.15) is 5.10 Å². The zero-order valence-corrected chi connectivity index (χ0v) is 11.3. The smallest absolute Gasteiger partial charge is 0.0785 e. The van der Waals surface area contributed by atoms with Gasteiger partial charge in [0.25, 0.3) is 0 Å². The predicted molar refractivity (Wildman–Crippen MR) is 74.8 cm³/mol. The highest BCUT2D eigenvalue weighted by Crippen LogP contribution is 2.12. The van der Waals surface area contributed by atoms with Crippen LogP contribution >= 0.6 is 11.6 Å². The number of benzene rings is 1. The normalized spacial score (nSPS) is 10.8. The zero-order valence-electron chi connectivity index (χ0n) is 10.6. The summed E-state index contributed by atoms with van der Waals surface area (Å²) in [5.41, 5.74) is 2.60. The number of halogens is 1. The van der Waals surface area contributed by atoms with E-state index in [4.69, 9.17) is 11.6 Å². The van der Waals surface area contributed by atoms with Crippen LogP contribution in [0.1, 0.15) is 24.5 Å². The number of nitrogens with zero attached hydrogens (tertiary/aromatic N) is 2. The summed E-state index contributed by atoms with van der Waals surface area (Å²) in [5.74, 6) is 0. The molecular weight excluding hydrogens is 246 g/mol. The van der Waals surface area contributed by atoms with Crippen molar-refractivity contribution in [2.75, 3.05) is 6.54 Å². The van der Waals surface area contributed by atoms with Gasteiger partial charge in [0.15, 0.2) is 0 Å².